The molecule has 0 aromatic carbocycles. The molecule has 0 amide bonds. The zero-order valence-electron chi connectivity index (χ0n) is 7.05. The normalized spacial score (nSPS) is 10.3. The first-order chi connectivity index (χ1) is 6.95. The first kappa shape index (κ1) is 11.0. The van der Waals surface area contributed by atoms with E-state index in [1.807, 2.05) is 0 Å². The lowest BCUT2D eigenvalue weighted by atomic mass is 10.2. The van der Waals surface area contributed by atoms with E-state index < -0.39 is 34.3 Å². The van der Waals surface area contributed by atoms with Crippen LogP contribution in [-0.2, 0) is 0 Å². The van der Waals surface area contributed by atoms with Crippen molar-refractivity contribution in [1.29, 1.82) is 0 Å². The molecule has 0 atom stereocenters. The van der Waals surface area contributed by atoms with Crippen molar-refractivity contribution in [1.82, 2.24) is 4.98 Å². The Morgan fingerprint density at radius 2 is 2.20 bits per heavy atom. The van der Waals surface area contributed by atoms with Crippen molar-refractivity contribution in [2.24, 2.45) is 0 Å². The third-order valence-electron chi connectivity index (χ3n) is 1.58. The third kappa shape index (κ3) is 2.03. The van der Waals surface area contributed by atoms with Gasteiger partial charge in [0, 0.05) is 6.20 Å². The highest BCUT2D eigenvalue weighted by Crippen LogP contribution is 2.30. The number of hydrogen-bond donors (Lipinski definition) is 1. The van der Waals surface area contributed by atoms with Crippen LogP contribution in [0.3, 0.4) is 0 Å². The number of alkyl halides is 2. The molecular formula is C7H4F2N2O4. The molecule has 0 unspecified atom stereocenters. The molecule has 1 aromatic rings. The minimum Gasteiger partial charge on any atom is -0.476 e. The van der Waals surface area contributed by atoms with E-state index in [0.29, 0.717) is 0 Å². The van der Waals surface area contributed by atoms with E-state index in [1.54, 1.807) is 0 Å². The number of hydrogen-bond acceptors (Lipinski definition) is 4. The lowest BCUT2D eigenvalue weighted by Gasteiger charge is -2.02. The van der Waals surface area contributed by atoms with Crippen LogP contribution in [-0.4, -0.2) is 21.0 Å². The summed E-state index contributed by atoms with van der Waals surface area (Å²) in [4.78, 5) is 22.9. The Bertz CT molecular complexity index is 421. The molecule has 1 rings (SSSR count). The largest absolute Gasteiger partial charge is 0.476 e. The van der Waals surface area contributed by atoms with Crippen LogP contribution in [0, 0.1) is 10.1 Å². The van der Waals surface area contributed by atoms with Crippen LogP contribution in [0.25, 0.3) is 0 Å². The Hall–Kier alpha value is -2.12. The molecule has 0 radical (unpaired) electrons. The van der Waals surface area contributed by atoms with Crippen LogP contribution in [0.2, 0.25) is 0 Å². The highest BCUT2D eigenvalue weighted by atomic mass is 19.3. The van der Waals surface area contributed by atoms with Crippen LogP contribution < -0.4 is 0 Å². The van der Waals surface area contributed by atoms with Crippen molar-refractivity contribution in [3.63, 3.8) is 0 Å². The maximum Gasteiger partial charge on any atom is 0.361 e. The summed E-state index contributed by atoms with van der Waals surface area (Å²) in [5.74, 6) is -1.72. The van der Waals surface area contributed by atoms with Gasteiger partial charge in [0.25, 0.3) is 6.43 Å². The number of aromatic nitrogens is 1. The molecule has 0 saturated carbocycles. The second-order valence-corrected chi connectivity index (χ2v) is 2.46. The highest BCUT2D eigenvalue weighted by Gasteiger charge is 2.29. The minimum absolute atomic E-state index is 0.718. The Kier molecular flexibility index (Phi) is 2.88. The summed E-state index contributed by atoms with van der Waals surface area (Å²) in [5.41, 5.74) is -3.11. The van der Waals surface area contributed by atoms with Gasteiger partial charge in [0.05, 0.1) is 10.5 Å². The Labute approximate surface area is 81.3 Å². The quantitative estimate of drug-likeness (QED) is 0.614. The van der Waals surface area contributed by atoms with Gasteiger partial charge in [0.2, 0.25) is 5.69 Å². The number of halogens is 2. The fourth-order valence-electron chi connectivity index (χ4n) is 0.993. The fourth-order valence-corrected chi connectivity index (χ4v) is 0.993. The molecule has 1 aromatic heterocycles. The molecule has 8 heteroatoms. The fraction of sp³-hybridized carbons (Fsp3) is 0.143. The van der Waals surface area contributed by atoms with Crippen LogP contribution >= 0.6 is 0 Å². The van der Waals surface area contributed by atoms with Crippen LogP contribution in [0.4, 0.5) is 14.5 Å². The molecule has 80 valence electrons. The second-order valence-electron chi connectivity index (χ2n) is 2.46. The second kappa shape index (κ2) is 3.95. The summed E-state index contributed by atoms with van der Waals surface area (Å²) in [6.45, 7) is 0. The number of aromatic carboxylic acids is 1. The van der Waals surface area contributed by atoms with Crippen molar-refractivity contribution >= 4 is 11.7 Å². The lowest BCUT2D eigenvalue weighted by molar-refractivity contribution is -0.386. The van der Waals surface area contributed by atoms with Crippen molar-refractivity contribution in [3.05, 3.63) is 33.6 Å². The molecule has 1 heterocycles. The van der Waals surface area contributed by atoms with Crippen LogP contribution in [0.5, 0.6) is 0 Å². The van der Waals surface area contributed by atoms with E-state index in [9.17, 15) is 23.7 Å². The van der Waals surface area contributed by atoms with Gasteiger partial charge in [-0.25, -0.2) is 18.6 Å². The van der Waals surface area contributed by atoms with E-state index in [0.717, 1.165) is 12.3 Å². The zero-order chi connectivity index (χ0) is 11.6. The average molecular weight is 218 g/mol. The van der Waals surface area contributed by atoms with Crippen molar-refractivity contribution < 1.29 is 23.6 Å². The summed E-state index contributed by atoms with van der Waals surface area (Å²) in [6, 6.07) is 0.718. The van der Waals surface area contributed by atoms with E-state index >= 15 is 0 Å². The molecule has 0 fully saturated rings. The number of pyridine rings is 1. The van der Waals surface area contributed by atoms with Crippen molar-refractivity contribution in [3.8, 4) is 0 Å². The molecule has 0 spiro atoms. The predicted molar refractivity (Wildman–Crippen MR) is 42.8 cm³/mol. The maximum absolute atomic E-state index is 12.3. The number of nitro groups is 1. The smallest absolute Gasteiger partial charge is 0.361 e. The monoisotopic (exact) mass is 218 g/mol. The van der Waals surface area contributed by atoms with Gasteiger partial charge in [-0.3, -0.25) is 10.1 Å². The van der Waals surface area contributed by atoms with Gasteiger partial charge in [-0.05, 0) is 6.07 Å². The summed E-state index contributed by atoms with van der Waals surface area (Å²) >= 11 is 0. The molecule has 0 aliphatic carbocycles. The van der Waals surface area contributed by atoms with Gasteiger partial charge in [0.1, 0.15) is 0 Å². The molecule has 0 bridgehead atoms. The maximum atomic E-state index is 12.3. The number of nitrogens with zero attached hydrogens (tertiary/aromatic N) is 2. The number of carbonyl (C=O) groups is 1. The van der Waals surface area contributed by atoms with Gasteiger partial charge in [-0.2, -0.15) is 0 Å². The van der Waals surface area contributed by atoms with Gasteiger partial charge in [0.15, 0.2) is 0 Å². The van der Waals surface area contributed by atoms with Crippen molar-refractivity contribution in [2.75, 3.05) is 0 Å². The SMILES string of the molecule is O=C(O)c1nccc(C(F)F)c1[N+](=O)[O-]. The van der Waals surface area contributed by atoms with Crippen LogP contribution in [0.15, 0.2) is 12.3 Å². The van der Waals surface area contributed by atoms with Crippen LogP contribution in [0.1, 0.15) is 22.5 Å². The van der Waals surface area contributed by atoms with Gasteiger partial charge in [-0.15, -0.1) is 0 Å². The summed E-state index contributed by atoms with van der Waals surface area (Å²) < 4.78 is 24.6. The Morgan fingerprint density at radius 3 is 2.60 bits per heavy atom. The topological polar surface area (TPSA) is 93.3 Å². The number of carboxylic acids is 1. The lowest BCUT2D eigenvalue weighted by Crippen LogP contribution is -2.08. The van der Waals surface area contributed by atoms with E-state index in [1.165, 1.54) is 0 Å². The average Bonchev–Trinajstić information content (AvgIpc) is 2.16. The summed E-state index contributed by atoms with van der Waals surface area (Å²) in [5, 5.41) is 18.9. The molecule has 0 aliphatic heterocycles. The molecule has 1 N–H and O–H groups in total. The molecular weight excluding hydrogens is 214 g/mol. The highest BCUT2D eigenvalue weighted by molar-refractivity contribution is 5.90. The Morgan fingerprint density at radius 1 is 1.60 bits per heavy atom. The van der Waals surface area contributed by atoms with Gasteiger partial charge in [-0.1, -0.05) is 0 Å². The van der Waals surface area contributed by atoms with E-state index in [4.69, 9.17) is 5.11 Å². The number of rotatable bonds is 3. The minimum atomic E-state index is -3.12. The summed E-state index contributed by atoms with van der Waals surface area (Å²) in [7, 11) is 0. The Balaban J connectivity index is 3.48. The number of carboxylic acid groups (broad SMARTS) is 1. The van der Waals surface area contributed by atoms with E-state index in [2.05, 4.69) is 4.98 Å². The summed E-state index contributed by atoms with van der Waals surface area (Å²) in [6.07, 6.45) is -2.33. The van der Waals surface area contributed by atoms with Gasteiger partial charge >= 0.3 is 11.7 Å². The van der Waals surface area contributed by atoms with Crippen molar-refractivity contribution in [2.45, 2.75) is 6.43 Å². The molecule has 6 nitrogen and oxygen atoms in total. The predicted octanol–water partition coefficient (Wildman–Crippen LogP) is 1.63. The third-order valence-corrected chi connectivity index (χ3v) is 1.58. The van der Waals surface area contributed by atoms with E-state index in [-0.39, 0.29) is 0 Å². The van der Waals surface area contributed by atoms with Gasteiger partial charge < -0.3 is 5.11 Å². The first-order valence-electron chi connectivity index (χ1n) is 3.60. The molecule has 15 heavy (non-hydrogen) atoms. The standard InChI is InChI=1S/C7H4F2N2O4/c8-6(9)3-1-2-10-4(7(12)13)5(3)11(14)15/h1-2,6H,(H,12,13). The molecule has 0 saturated heterocycles. The zero-order valence-corrected chi connectivity index (χ0v) is 7.05. The molecule has 0 aliphatic rings. The first-order valence-corrected chi connectivity index (χ1v) is 3.60.